The number of benzene rings is 3. The molecule has 3 rings (SSSR count). The molecule has 22 heavy (non-hydrogen) atoms. The molecule has 0 unspecified atom stereocenters. The maximum atomic E-state index is 10.7. The third kappa shape index (κ3) is 2.81. The Morgan fingerprint density at radius 2 is 1.41 bits per heavy atom. The lowest BCUT2D eigenvalue weighted by Gasteiger charge is -2.16. The number of fused-ring (bicyclic) bond motifs is 1. The second-order valence-electron chi connectivity index (χ2n) is 5.68. The standard InChI is InChI=1S/C21H20O/c1-15(17-8-4-3-5-9-17)16(2)21(22)20-13-12-18-10-6-7-11-19(18)14-20/h3-14,21-22H,1-2H3/b16-15+/t21-/m0/s1. The molecule has 3 aromatic rings. The Morgan fingerprint density at radius 1 is 0.773 bits per heavy atom. The fourth-order valence-corrected chi connectivity index (χ4v) is 2.75. The highest BCUT2D eigenvalue weighted by Gasteiger charge is 2.13. The molecule has 0 aliphatic heterocycles. The molecule has 0 saturated heterocycles. The predicted octanol–water partition coefficient (Wildman–Crippen LogP) is 5.37. The molecule has 1 N–H and O–H groups in total. The fourth-order valence-electron chi connectivity index (χ4n) is 2.75. The van der Waals surface area contributed by atoms with E-state index < -0.39 is 6.10 Å². The van der Waals surface area contributed by atoms with E-state index in [1.165, 1.54) is 5.39 Å². The van der Waals surface area contributed by atoms with E-state index in [2.05, 4.69) is 43.3 Å². The van der Waals surface area contributed by atoms with E-state index in [0.717, 1.165) is 27.7 Å². The van der Waals surface area contributed by atoms with E-state index in [-0.39, 0.29) is 0 Å². The van der Waals surface area contributed by atoms with E-state index >= 15 is 0 Å². The number of hydrogen-bond acceptors (Lipinski definition) is 1. The van der Waals surface area contributed by atoms with Crippen molar-refractivity contribution in [1.82, 2.24) is 0 Å². The molecule has 3 aromatic carbocycles. The Labute approximate surface area is 131 Å². The van der Waals surface area contributed by atoms with Crippen LogP contribution in [-0.4, -0.2) is 5.11 Å². The van der Waals surface area contributed by atoms with Crippen molar-refractivity contribution in [3.8, 4) is 0 Å². The zero-order valence-electron chi connectivity index (χ0n) is 13.0. The van der Waals surface area contributed by atoms with Crippen molar-refractivity contribution in [1.29, 1.82) is 0 Å². The quantitative estimate of drug-likeness (QED) is 0.687. The Morgan fingerprint density at radius 3 is 2.14 bits per heavy atom. The molecular formula is C21H20O. The molecule has 0 aliphatic carbocycles. The van der Waals surface area contributed by atoms with Crippen LogP contribution in [0.4, 0.5) is 0 Å². The molecular weight excluding hydrogens is 268 g/mol. The first-order valence-electron chi connectivity index (χ1n) is 7.56. The second kappa shape index (κ2) is 6.17. The zero-order chi connectivity index (χ0) is 15.5. The Balaban J connectivity index is 1.99. The summed E-state index contributed by atoms with van der Waals surface area (Å²) in [7, 11) is 0. The van der Waals surface area contributed by atoms with Gasteiger partial charge in [-0.2, -0.15) is 0 Å². The highest BCUT2D eigenvalue weighted by molar-refractivity contribution is 5.83. The van der Waals surface area contributed by atoms with Gasteiger partial charge in [0.1, 0.15) is 6.10 Å². The van der Waals surface area contributed by atoms with E-state index in [4.69, 9.17) is 0 Å². The monoisotopic (exact) mass is 288 g/mol. The van der Waals surface area contributed by atoms with Gasteiger partial charge in [0.2, 0.25) is 0 Å². The average molecular weight is 288 g/mol. The molecule has 0 amide bonds. The first-order valence-corrected chi connectivity index (χ1v) is 7.56. The first kappa shape index (κ1) is 14.6. The first-order chi connectivity index (χ1) is 10.7. The van der Waals surface area contributed by atoms with Crippen LogP contribution >= 0.6 is 0 Å². The minimum absolute atomic E-state index is 0.579. The molecule has 1 heteroatoms. The Hall–Kier alpha value is -2.38. The van der Waals surface area contributed by atoms with Gasteiger partial charge in [-0.1, -0.05) is 66.7 Å². The van der Waals surface area contributed by atoms with Gasteiger partial charge in [-0.15, -0.1) is 0 Å². The van der Waals surface area contributed by atoms with Gasteiger partial charge in [-0.25, -0.2) is 0 Å². The summed E-state index contributed by atoms with van der Waals surface area (Å²) in [6.45, 7) is 4.07. The van der Waals surface area contributed by atoms with Crippen LogP contribution in [0.3, 0.4) is 0 Å². The van der Waals surface area contributed by atoms with Crippen molar-refractivity contribution in [2.24, 2.45) is 0 Å². The molecule has 0 aromatic heterocycles. The lowest BCUT2D eigenvalue weighted by Crippen LogP contribution is -2.01. The summed E-state index contributed by atoms with van der Waals surface area (Å²) in [4.78, 5) is 0. The molecule has 110 valence electrons. The van der Waals surface area contributed by atoms with E-state index in [9.17, 15) is 5.11 Å². The second-order valence-corrected chi connectivity index (χ2v) is 5.68. The average Bonchev–Trinajstić information content (AvgIpc) is 2.60. The van der Waals surface area contributed by atoms with Gasteiger partial charge in [-0.05, 0) is 53.0 Å². The molecule has 1 nitrogen and oxygen atoms in total. The van der Waals surface area contributed by atoms with Crippen molar-refractivity contribution < 1.29 is 5.11 Å². The Kier molecular flexibility index (Phi) is 4.08. The van der Waals surface area contributed by atoms with Crippen LogP contribution in [0.1, 0.15) is 31.1 Å². The van der Waals surface area contributed by atoms with Crippen LogP contribution in [0.15, 0.2) is 78.4 Å². The summed E-state index contributed by atoms with van der Waals surface area (Å²) >= 11 is 0. The van der Waals surface area contributed by atoms with Gasteiger partial charge in [0.25, 0.3) is 0 Å². The minimum Gasteiger partial charge on any atom is -0.384 e. The van der Waals surface area contributed by atoms with Crippen LogP contribution in [0.5, 0.6) is 0 Å². The zero-order valence-corrected chi connectivity index (χ0v) is 13.0. The summed E-state index contributed by atoms with van der Waals surface area (Å²) in [5.74, 6) is 0. The number of aliphatic hydroxyl groups excluding tert-OH is 1. The molecule has 0 aliphatic rings. The molecule has 0 spiro atoms. The minimum atomic E-state index is -0.579. The van der Waals surface area contributed by atoms with Crippen LogP contribution in [0.2, 0.25) is 0 Å². The number of aliphatic hydroxyl groups is 1. The lowest BCUT2D eigenvalue weighted by atomic mass is 9.94. The highest BCUT2D eigenvalue weighted by Crippen LogP contribution is 2.30. The maximum absolute atomic E-state index is 10.7. The molecule has 0 radical (unpaired) electrons. The van der Waals surface area contributed by atoms with Crippen molar-refractivity contribution in [3.05, 3.63) is 89.5 Å². The molecule has 0 bridgehead atoms. The van der Waals surface area contributed by atoms with Crippen LogP contribution < -0.4 is 0 Å². The molecule has 1 atom stereocenters. The number of allylic oxidation sites excluding steroid dienone is 1. The maximum Gasteiger partial charge on any atom is 0.100 e. The normalized spacial score (nSPS) is 13.8. The molecule has 0 heterocycles. The number of hydrogen-bond donors (Lipinski definition) is 1. The lowest BCUT2D eigenvalue weighted by molar-refractivity contribution is 0.216. The number of rotatable bonds is 3. The van der Waals surface area contributed by atoms with Gasteiger partial charge in [0, 0.05) is 0 Å². The van der Waals surface area contributed by atoms with Crippen LogP contribution in [0.25, 0.3) is 16.3 Å². The van der Waals surface area contributed by atoms with Gasteiger partial charge in [0.05, 0.1) is 0 Å². The SMILES string of the molecule is C/C(=C(/C)[C@H](O)c1ccc2ccccc2c1)c1ccccc1. The molecule has 0 fully saturated rings. The largest absolute Gasteiger partial charge is 0.384 e. The van der Waals surface area contributed by atoms with Crippen molar-refractivity contribution in [2.45, 2.75) is 20.0 Å². The van der Waals surface area contributed by atoms with Gasteiger partial charge in [-0.3, -0.25) is 0 Å². The summed E-state index contributed by atoms with van der Waals surface area (Å²) < 4.78 is 0. The van der Waals surface area contributed by atoms with Gasteiger partial charge in [0.15, 0.2) is 0 Å². The summed E-state index contributed by atoms with van der Waals surface area (Å²) in [5, 5.41) is 13.1. The van der Waals surface area contributed by atoms with E-state index in [0.29, 0.717) is 0 Å². The Bertz CT molecular complexity index is 815. The summed E-state index contributed by atoms with van der Waals surface area (Å²) in [6, 6.07) is 24.6. The fraction of sp³-hybridized carbons (Fsp3) is 0.143. The van der Waals surface area contributed by atoms with Crippen molar-refractivity contribution in [2.75, 3.05) is 0 Å². The van der Waals surface area contributed by atoms with Crippen LogP contribution in [0, 0.1) is 0 Å². The van der Waals surface area contributed by atoms with Gasteiger partial charge >= 0.3 is 0 Å². The molecule has 0 saturated carbocycles. The third-order valence-electron chi connectivity index (χ3n) is 4.30. The summed E-state index contributed by atoms with van der Waals surface area (Å²) in [5.41, 5.74) is 4.20. The van der Waals surface area contributed by atoms with Crippen molar-refractivity contribution in [3.63, 3.8) is 0 Å². The summed E-state index contributed by atoms with van der Waals surface area (Å²) in [6.07, 6.45) is -0.579. The third-order valence-corrected chi connectivity index (χ3v) is 4.30. The van der Waals surface area contributed by atoms with E-state index in [1.807, 2.05) is 43.3 Å². The topological polar surface area (TPSA) is 20.2 Å². The van der Waals surface area contributed by atoms with Crippen molar-refractivity contribution >= 4 is 16.3 Å². The van der Waals surface area contributed by atoms with Crippen LogP contribution in [-0.2, 0) is 0 Å². The van der Waals surface area contributed by atoms with E-state index in [1.54, 1.807) is 0 Å². The van der Waals surface area contributed by atoms with Gasteiger partial charge < -0.3 is 5.11 Å². The highest BCUT2D eigenvalue weighted by atomic mass is 16.3. The smallest absolute Gasteiger partial charge is 0.100 e. The predicted molar refractivity (Wildman–Crippen MR) is 93.6 cm³/mol.